The van der Waals surface area contributed by atoms with Crippen LogP contribution in [0, 0.1) is 5.92 Å². The van der Waals surface area contributed by atoms with Crippen molar-refractivity contribution < 1.29 is 14.3 Å². The summed E-state index contributed by atoms with van der Waals surface area (Å²) in [5.41, 5.74) is 1.10. The van der Waals surface area contributed by atoms with Gasteiger partial charge < -0.3 is 20.3 Å². The molecule has 0 bridgehead atoms. The summed E-state index contributed by atoms with van der Waals surface area (Å²) in [4.78, 5) is 26.6. The fourth-order valence-corrected chi connectivity index (χ4v) is 2.56. The van der Waals surface area contributed by atoms with E-state index >= 15 is 0 Å². The van der Waals surface area contributed by atoms with E-state index in [9.17, 15) is 9.59 Å². The van der Waals surface area contributed by atoms with Gasteiger partial charge in [-0.05, 0) is 37.6 Å². The van der Waals surface area contributed by atoms with Gasteiger partial charge in [-0.15, -0.1) is 0 Å². The van der Waals surface area contributed by atoms with E-state index in [1.165, 1.54) is 7.11 Å². The van der Waals surface area contributed by atoms with E-state index in [0.29, 0.717) is 35.9 Å². The number of likely N-dealkylation sites (N-methyl/N-ethyl adjacent to an activating group) is 1. The van der Waals surface area contributed by atoms with E-state index in [4.69, 9.17) is 4.74 Å². The van der Waals surface area contributed by atoms with Crippen LogP contribution in [0.15, 0.2) is 18.2 Å². The Labute approximate surface area is 157 Å². The maximum atomic E-state index is 12.4. The van der Waals surface area contributed by atoms with E-state index in [1.54, 1.807) is 18.2 Å². The van der Waals surface area contributed by atoms with Crippen molar-refractivity contribution in [1.82, 2.24) is 10.2 Å². The summed E-state index contributed by atoms with van der Waals surface area (Å²) in [5, 5.41) is 5.77. The van der Waals surface area contributed by atoms with Gasteiger partial charge >= 0.3 is 0 Å². The van der Waals surface area contributed by atoms with Crippen LogP contribution in [0.4, 0.5) is 5.69 Å². The number of carbonyl (C=O) groups excluding carboxylic acids is 2. The molecule has 1 aromatic carbocycles. The van der Waals surface area contributed by atoms with Crippen molar-refractivity contribution in [1.29, 1.82) is 0 Å². The average Bonchev–Trinajstić information content (AvgIpc) is 2.63. The number of nitrogens with one attached hydrogen (secondary N) is 2. The summed E-state index contributed by atoms with van der Waals surface area (Å²) in [6.45, 7) is 11.7. The molecule has 0 heterocycles. The second kappa shape index (κ2) is 11.5. The Kier molecular flexibility index (Phi) is 9.73. The van der Waals surface area contributed by atoms with Crippen LogP contribution in [0.3, 0.4) is 0 Å². The molecule has 0 fully saturated rings. The number of ether oxygens (including phenoxy) is 1. The predicted molar refractivity (Wildman–Crippen MR) is 106 cm³/mol. The van der Waals surface area contributed by atoms with Crippen LogP contribution >= 0.6 is 0 Å². The van der Waals surface area contributed by atoms with Gasteiger partial charge in [-0.25, -0.2) is 0 Å². The van der Waals surface area contributed by atoms with Crippen molar-refractivity contribution in [3.8, 4) is 5.75 Å². The highest BCUT2D eigenvalue weighted by molar-refractivity contribution is 5.98. The van der Waals surface area contributed by atoms with Gasteiger partial charge in [0.15, 0.2) is 0 Å². The quantitative estimate of drug-likeness (QED) is 0.634. The minimum Gasteiger partial charge on any atom is -0.496 e. The van der Waals surface area contributed by atoms with E-state index in [1.807, 2.05) is 0 Å². The van der Waals surface area contributed by atoms with Gasteiger partial charge in [0.1, 0.15) is 5.75 Å². The molecule has 2 amide bonds. The first-order valence-electron chi connectivity index (χ1n) is 9.39. The maximum absolute atomic E-state index is 12.4. The Hall–Kier alpha value is -2.08. The summed E-state index contributed by atoms with van der Waals surface area (Å²) in [6.07, 6.45) is 1.32. The number of rotatable bonds is 11. The van der Waals surface area contributed by atoms with Gasteiger partial charge in [-0.1, -0.05) is 27.7 Å². The highest BCUT2D eigenvalue weighted by atomic mass is 16.5. The number of hydrogen-bond donors (Lipinski definition) is 2. The Morgan fingerprint density at radius 3 is 2.46 bits per heavy atom. The van der Waals surface area contributed by atoms with Gasteiger partial charge in [0.05, 0.1) is 12.7 Å². The summed E-state index contributed by atoms with van der Waals surface area (Å²) >= 11 is 0. The monoisotopic (exact) mass is 363 g/mol. The number of benzene rings is 1. The van der Waals surface area contributed by atoms with Crippen LogP contribution in [-0.4, -0.2) is 50.0 Å². The van der Waals surface area contributed by atoms with Crippen LogP contribution < -0.4 is 15.4 Å². The Morgan fingerprint density at radius 2 is 1.88 bits per heavy atom. The first kappa shape index (κ1) is 22.0. The van der Waals surface area contributed by atoms with E-state index in [2.05, 4.69) is 43.2 Å². The predicted octanol–water partition coefficient (Wildman–Crippen LogP) is 3.14. The van der Waals surface area contributed by atoms with Crippen molar-refractivity contribution in [2.24, 2.45) is 5.92 Å². The van der Waals surface area contributed by atoms with Crippen LogP contribution in [-0.2, 0) is 4.79 Å². The minimum absolute atomic E-state index is 0.0304. The summed E-state index contributed by atoms with van der Waals surface area (Å²) < 4.78 is 5.33. The van der Waals surface area contributed by atoms with Crippen LogP contribution in [0.25, 0.3) is 0 Å². The van der Waals surface area contributed by atoms with Crippen molar-refractivity contribution in [3.63, 3.8) is 0 Å². The first-order valence-corrected chi connectivity index (χ1v) is 9.39. The molecule has 146 valence electrons. The molecule has 0 radical (unpaired) electrons. The molecule has 2 N–H and O–H groups in total. The van der Waals surface area contributed by atoms with Crippen molar-refractivity contribution in [2.75, 3.05) is 38.6 Å². The average molecular weight is 364 g/mol. The molecule has 0 aromatic heterocycles. The Bertz CT molecular complexity index is 584. The fraction of sp³-hybridized carbons (Fsp3) is 0.600. The second-order valence-electron chi connectivity index (χ2n) is 6.68. The normalized spacial score (nSPS) is 10.9. The largest absolute Gasteiger partial charge is 0.496 e. The number of methoxy groups -OCH3 is 1. The van der Waals surface area contributed by atoms with Gasteiger partial charge in [0, 0.05) is 31.3 Å². The van der Waals surface area contributed by atoms with E-state index in [-0.39, 0.29) is 11.8 Å². The lowest BCUT2D eigenvalue weighted by Gasteiger charge is -2.18. The lowest BCUT2D eigenvalue weighted by Crippen LogP contribution is -2.34. The SMILES string of the molecule is CCN(CC)CCNC(=O)c1ccc(NC(=O)CCC(C)C)cc1OC. The van der Waals surface area contributed by atoms with Crippen molar-refractivity contribution in [2.45, 2.75) is 40.5 Å². The number of amides is 2. The molecular weight excluding hydrogens is 330 g/mol. The van der Waals surface area contributed by atoms with E-state index in [0.717, 1.165) is 26.1 Å². The van der Waals surface area contributed by atoms with Crippen LogP contribution in [0.2, 0.25) is 0 Å². The van der Waals surface area contributed by atoms with Crippen LogP contribution in [0.1, 0.15) is 50.9 Å². The third-order valence-corrected chi connectivity index (χ3v) is 4.29. The third kappa shape index (κ3) is 7.44. The standard InChI is InChI=1S/C20H33N3O3/c1-6-23(7-2)13-12-21-20(25)17-10-9-16(14-18(17)26-5)22-19(24)11-8-15(3)4/h9-10,14-15H,6-8,11-13H2,1-5H3,(H,21,25)(H,22,24). The van der Waals surface area contributed by atoms with Gasteiger partial charge in [0.2, 0.25) is 5.91 Å². The molecule has 0 aliphatic carbocycles. The highest BCUT2D eigenvalue weighted by Crippen LogP contribution is 2.23. The highest BCUT2D eigenvalue weighted by Gasteiger charge is 2.14. The zero-order chi connectivity index (χ0) is 19.5. The van der Waals surface area contributed by atoms with Crippen molar-refractivity contribution >= 4 is 17.5 Å². The molecule has 1 aromatic rings. The molecule has 6 nitrogen and oxygen atoms in total. The molecular formula is C20H33N3O3. The minimum atomic E-state index is -0.174. The van der Waals surface area contributed by atoms with Crippen molar-refractivity contribution in [3.05, 3.63) is 23.8 Å². The lowest BCUT2D eigenvalue weighted by atomic mass is 10.1. The molecule has 0 spiro atoms. The summed E-state index contributed by atoms with van der Waals surface area (Å²) in [6, 6.07) is 5.10. The maximum Gasteiger partial charge on any atom is 0.255 e. The van der Waals surface area contributed by atoms with Gasteiger partial charge in [0.25, 0.3) is 5.91 Å². The van der Waals surface area contributed by atoms with Gasteiger partial charge in [-0.2, -0.15) is 0 Å². The summed E-state index contributed by atoms with van der Waals surface area (Å²) in [7, 11) is 1.52. The van der Waals surface area contributed by atoms with Crippen LogP contribution in [0.5, 0.6) is 5.75 Å². The topological polar surface area (TPSA) is 70.7 Å². The molecule has 0 aliphatic rings. The zero-order valence-corrected chi connectivity index (χ0v) is 16.7. The van der Waals surface area contributed by atoms with E-state index < -0.39 is 0 Å². The second-order valence-corrected chi connectivity index (χ2v) is 6.68. The molecule has 0 saturated carbocycles. The Balaban J connectivity index is 2.67. The first-order chi connectivity index (χ1) is 12.4. The molecule has 6 heteroatoms. The molecule has 26 heavy (non-hydrogen) atoms. The number of anilines is 1. The number of hydrogen-bond acceptors (Lipinski definition) is 4. The fourth-order valence-electron chi connectivity index (χ4n) is 2.56. The molecule has 1 rings (SSSR count). The number of carbonyl (C=O) groups is 2. The molecule has 0 aliphatic heterocycles. The smallest absolute Gasteiger partial charge is 0.255 e. The Morgan fingerprint density at radius 1 is 1.19 bits per heavy atom. The van der Waals surface area contributed by atoms with Gasteiger partial charge in [-0.3, -0.25) is 9.59 Å². The summed E-state index contributed by atoms with van der Waals surface area (Å²) in [5.74, 6) is 0.730. The third-order valence-electron chi connectivity index (χ3n) is 4.29. The molecule has 0 unspecified atom stereocenters. The lowest BCUT2D eigenvalue weighted by molar-refractivity contribution is -0.116. The zero-order valence-electron chi connectivity index (χ0n) is 16.7. The molecule has 0 saturated heterocycles. The molecule has 0 atom stereocenters. The number of nitrogens with zero attached hydrogens (tertiary/aromatic N) is 1.